The molecule has 0 spiro atoms. The second kappa shape index (κ2) is 9.07. The minimum absolute atomic E-state index is 0.143. The Bertz CT molecular complexity index is 636. The largest absolute Gasteiger partial charge is 0.482 e. The highest BCUT2D eigenvalue weighted by molar-refractivity contribution is 5.81. The Balaban J connectivity index is 1.68. The standard InChI is InChI=1S/C19H24N2O4/c1-13-4-3-5-17(14(13)2)21-18(22)11-25-19(23)12-24-16-8-6-15(10-20)7-9-16/h6-9,13-14,17H,3-5,11-12H2,1-2H3,(H,21,22)/t13-,14+,17+/m0/s1. The van der Waals surface area contributed by atoms with Crippen LogP contribution in [0.15, 0.2) is 24.3 Å². The average molecular weight is 344 g/mol. The molecule has 1 amide bonds. The van der Waals surface area contributed by atoms with Gasteiger partial charge in [0.05, 0.1) is 11.6 Å². The molecule has 1 aromatic carbocycles. The van der Waals surface area contributed by atoms with Crippen molar-refractivity contribution in [2.45, 2.75) is 39.2 Å². The number of nitrogens with zero attached hydrogens (tertiary/aromatic N) is 1. The second-order valence-electron chi connectivity index (χ2n) is 6.53. The Morgan fingerprint density at radius 2 is 1.92 bits per heavy atom. The van der Waals surface area contributed by atoms with Crippen molar-refractivity contribution in [1.29, 1.82) is 5.26 Å². The molecule has 1 aliphatic carbocycles. The molecule has 6 heteroatoms. The third-order valence-corrected chi connectivity index (χ3v) is 4.76. The monoisotopic (exact) mass is 344 g/mol. The van der Waals surface area contributed by atoms with Crippen molar-refractivity contribution in [3.8, 4) is 11.8 Å². The molecule has 134 valence electrons. The molecule has 3 atom stereocenters. The van der Waals surface area contributed by atoms with E-state index >= 15 is 0 Å². The Hall–Kier alpha value is -2.55. The lowest BCUT2D eigenvalue weighted by molar-refractivity contribution is -0.150. The van der Waals surface area contributed by atoms with Gasteiger partial charge in [-0.05, 0) is 42.5 Å². The third-order valence-electron chi connectivity index (χ3n) is 4.76. The van der Waals surface area contributed by atoms with Gasteiger partial charge >= 0.3 is 5.97 Å². The van der Waals surface area contributed by atoms with Gasteiger partial charge in [0.15, 0.2) is 13.2 Å². The second-order valence-corrected chi connectivity index (χ2v) is 6.53. The molecule has 0 aliphatic heterocycles. The molecule has 1 N–H and O–H groups in total. The van der Waals surface area contributed by atoms with Crippen molar-refractivity contribution in [3.63, 3.8) is 0 Å². The van der Waals surface area contributed by atoms with E-state index in [4.69, 9.17) is 14.7 Å². The number of carbonyl (C=O) groups is 2. The van der Waals surface area contributed by atoms with Gasteiger partial charge in [-0.25, -0.2) is 4.79 Å². The Labute approximate surface area is 148 Å². The van der Waals surface area contributed by atoms with Crippen LogP contribution in [0.3, 0.4) is 0 Å². The van der Waals surface area contributed by atoms with Crippen molar-refractivity contribution >= 4 is 11.9 Å². The number of hydrogen-bond acceptors (Lipinski definition) is 5. The van der Waals surface area contributed by atoms with E-state index in [0.717, 1.165) is 12.8 Å². The highest BCUT2D eigenvalue weighted by Gasteiger charge is 2.28. The van der Waals surface area contributed by atoms with E-state index < -0.39 is 5.97 Å². The summed E-state index contributed by atoms with van der Waals surface area (Å²) in [7, 11) is 0. The van der Waals surface area contributed by atoms with Gasteiger partial charge in [0.2, 0.25) is 0 Å². The van der Waals surface area contributed by atoms with Crippen molar-refractivity contribution in [1.82, 2.24) is 5.32 Å². The van der Waals surface area contributed by atoms with Crippen LogP contribution in [-0.4, -0.2) is 31.1 Å². The normalized spacial score (nSPS) is 22.5. The van der Waals surface area contributed by atoms with Crippen LogP contribution in [0.1, 0.15) is 38.7 Å². The van der Waals surface area contributed by atoms with Crippen LogP contribution in [0.4, 0.5) is 0 Å². The van der Waals surface area contributed by atoms with Gasteiger partial charge in [0.25, 0.3) is 5.91 Å². The molecular formula is C19H24N2O4. The highest BCUT2D eigenvalue weighted by atomic mass is 16.6. The minimum Gasteiger partial charge on any atom is -0.482 e. The van der Waals surface area contributed by atoms with Gasteiger partial charge in [0.1, 0.15) is 5.75 Å². The maximum atomic E-state index is 12.0. The highest BCUT2D eigenvalue weighted by Crippen LogP contribution is 2.29. The average Bonchev–Trinajstić information content (AvgIpc) is 2.62. The molecule has 6 nitrogen and oxygen atoms in total. The quantitative estimate of drug-likeness (QED) is 0.801. The van der Waals surface area contributed by atoms with Crippen molar-refractivity contribution in [3.05, 3.63) is 29.8 Å². The maximum Gasteiger partial charge on any atom is 0.344 e. The number of ether oxygens (including phenoxy) is 2. The van der Waals surface area contributed by atoms with Crippen molar-refractivity contribution < 1.29 is 19.1 Å². The molecule has 0 aromatic heterocycles. The minimum atomic E-state index is -0.607. The number of nitrogens with one attached hydrogen (secondary N) is 1. The van der Waals surface area contributed by atoms with Gasteiger partial charge in [-0.15, -0.1) is 0 Å². The zero-order valence-corrected chi connectivity index (χ0v) is 14.7. The summed E-state index contributed by atoms with van der Waals surface area (Å²) in [5.41, 5.74) is 0.512. The van der Waals surface area contributed by atoms with Crippen LogP contribution in [0.2, 0.25) is 0 Å². The zero-order valence-electron chi connectivity index (χ0n) is 14.7. The van der Waals surface area contributed by atoms with Gasteiger partial charge < -0.3 is 14.8 Å². The number of esters is 1. The Morgan fingerprint density at radius 1 is 1.20 bits per heavy atom. The Morgan fingerprint density at radius 3 is 2.60 bits per heavy atom. The van der Waals surface area contributed by atoms with Crippen LogP contribution >= 0.6 is 0 Å². The molecule has 1 saturated carbocycles. The summed E-state index contributed by atoms with van der Waals surface area (Å²) in [5.74, 6) is 0.586. The lowest BCUT2D eigenvalue weighted by atomic mass is 9.78. The summed E-state index contributed by atoms with van der Waals surface area (Å²) in [4.78, 5) is 23.6. The maximum absolute atomic E-state index is 12.0. The van der Waals surface area contributed by atoms with Gasteiger partial charge in [-0.1, -0.05) is 26.7 Å². The predicted molar refractivity (Wildman–Crippen MR) is 91.7 cm³/mol. The molecule has 0 bridgehead atoms. The lowest BCUT2D eigenvalue weighted by Gasteiger charge is -2.34. The fourth-order valence-corrected chi connectivity index (χ4v) is 2.99. The summed E-state index contributed by atoms with van der Waals surface area (Å²) in [6, 6.07) is 8.54. The number of benzene rings is 1. The number of rotatable bonds is 6. The molecule has 1 aliphatic rings. The molecule has 25 heavy (non-hydrogen) atoms. The van der Waals surface area contributed by atoms with Crippen LogP contribution in [0.5, 0.6) is 5.75 Å². The van der Waals surface area contributed by atoms with Crippen LogP contribution in [0, 0.1) is 23.2 Å². The molecule has 0 radical (unpaired) electrons. The van der Waals surface area contributed by atoms with E-state index in [2.05, 4.69) is 19.2 Å². The first-order chi connectivity index (χ1) is 12.0. The third kappa shape index (κ3) is 5.79. The van der Waals surface area contributed by atoms with Crippen LogP contribution in [-0.2, 0) is 14.3 Å². The Kier molecular flexibility index (Phi) is 6.81. The number of hydrogen-bond donors (Lipinski definition) is 1. The summed E-state index contributed by atoms with van der Waals surface area (Å²) in [5, 5.41) is 11.7. The summed E-state index contributed by atoms with van der Waals surface area (Å²) in [6.45, 7) is 3.76. The van der Waals surface area contributed by atoms with E-state index in [9.17, 15) is 9.59 Å². The van der Waals surface area contributed by atoms with Crippen molar-refractivity contribution in [2.24, 2.45) is 11.8 Å². The number of amides is 1. The van der Waals surface area contributed by atoms with Gasteiger partial charge in [-0.3, -0.25) is 4.79 Å². The molecule has 0 unspecified atom stereocenters. The summed E-state index contributed by atoms with van der Waals surface area (Å²) in [6.07, 6.45) is 3.26. The van der Waals surface area contributed by atoms with Gasteiger partial charge in [0, 0.05) is 6.04 Å². The van der Waals surface area contributed by atoms with Crippen LogP contribution in [0.25, 0.3) is 0 Å². The first kappa shape index (κ1) is 18.8. The van der Waals surface area contributed by atoms with E-state index in [0.29, 0.717) is 23.1 Å². The van der Waals surface area contributed by atoms with E-state index in [1.54, 1.807) is 24.3 Å². The number of nitriles is 1. The molecule has 1 aromatic rings. The fraction of sp³-hybridized carbons (Fsp3) is 0.526. The summed E-state index contributed by atoms with van der Waals surface area (Å²) >= 11 is 0. The van der Waals surface area contributed by atoms with E-state index in [1.807, 2.05) is 6.07 Å². The van der Waals surface area contributed by atoms with Crippen molar-refractivity contribution in [2.75, 3.05) is 13.2 Å². The van der Waals surface area contributed by atoms with E-state index in [1.165, 1.54) is 6.42 Å². The number of carbonyl (C=O) groups excluding carboxylic acids is 2. The lowest BCUT2D eigenvalue weighted by Crippen LogP contribution is -2.45. The molecular weight excluding hydrogens is 320 g/mol. The smallest absolute Gasteiger partial charge is 0.344 e. The topological polar surface area (TPSA) is 88.4 Å². The first-order valence-electron chi connectivity index (χ1n) is 8.57. The zero-order chi connectivity index (χ0) is 18.2. The first-order valence-corrected chi connectivity index (χ1v) is 8.57. The predicted octanol–water partition coefficient (Wildman–Crippen LogP) is 2.42. The van der Waals surface area contributed by atoms with Crippen LogP contribution < -0.4 is 10.1 Å². The summed E-state index contributed by atoms with van der Waals surface area (Å²) < 4.78 is 10.2. The molecule has 0 heterocycles. The van der Waals surface area contributed by atoms with E-state index in [-0.39, 0.29) is 25.2 Å². The molecule has 1 fully saturated rings. The SMILES string of the molecule is C[C@@H]1[C@@H](C)CCC[C@H]1NC(=O)COC(=O)COc1ccc(C#N)cc1. The van der Waals surface area contributed by atoms with Gasteiger partial charge in [-0.2, -0.15) is 5.26 Å². The molecule has 2 rings (SSSR count). The molecule has 0 saturated heterocycles. The fourth-order valence-electron chi connectivity index (χ4n) is 2.99.